The molecule has 0 saturated carbocycles. The first-order valence-corrected chi connectivity index (χ1v) is 7.34. The van der Waals surface area contributed by atoms with Crippen LogP contribution < -0.4 is 10.1 Å². The summed E-state index contributed by atoms with van der Waals surface area (Å²) in [5, 5.41) is 2.83. The van der Waals surface area contributed by atoms with Gasteiger partial charge in [-0.3, -0.25) is 4.79 Å². The monoisotopic (exact) mass is 283 g/mol. The summed E-state index contributed by atoms with van der Waals surface area (Å²) in [5.74, 6) is 0.799. The van der Waals surface area contributed by atoms with Crippen LogP contribution in [0.1, 0.15) is 25.3 Å². The topological polar surface area (TPSA) is 38.3 Å². The first kappa shape index (κ1) is 15.1. The van der Waals surface area contributed by atoms with Gasteiger partial charge in [0, 0.05) is 18.2 Å². The van der Waals surface area contributed by atoms with Crippen LogP contribution in [-0.2, 0) is 11.2 Å². The van der Waals surface area contributed by atoms with Crippen molar-refractivity contribution in [3.8, 4) is 5.75 Å². The minimum atomic E-state index is 0.0104. The number of amides is 1. The lowest BCUT2D eigenvalue weighted by Gasteiger charge is -2.09. The van der Waals surface area contributed by atoms with Gasteiger partial charge < -0.3 is 10.1 Å². The van der Waals surface area contributed by atoms with Crippen molar-refractivity contribution in [2.45, 2.75) is 26.2 Å². The molecule has 3 nitrogen and oxygen atoms in total. The molecule has 3 heteroatoms. The van der Waals surface area contributed by atoms with Gasteiger partial charge in [-0.05, 0) is 30.5 Å². The number of carbonyl (C=O) groups is 1. The quantitative estimate of drug-likeness (QED) is 0.779. The first-order valence-electron chi connectivity index (χ1n) is 7.34. The maximum atomic E-state index is 11.4. The molecule has 0 spiro atoms. The maximum Gasteiger partial charge on any atom is 0.224 e. The number of benzene rings is 2. The molecule has 0 aromatic heterocycles. The number of hydrogen-bond donors (Lipinski definition) is 1. The third kappa shape index (κ3) is 5.30. The Hall–Kier alpha value is -2.29. The fraction of sp³-hybridized carbons (Fsp3) is 0.278. The summed E-state index contributed by atoms with van der Waals surface area (Å²) in [7, 11) is 0. The normalized spacial score (nSPS) is 10.1. The van der Waals surface area contributed by atoms with Gasteiger partial charge in [-0.2, -0.15) is 0 Å². The van der Waals surface area contributed by atoms with E-state index in [1.54, 1.807) is 0 Å². The second-order valence-electron chi connectivity index (χ2n) is 4.87. The van der Waals surface area contributed by atoms with Crippen molar-refractivity contribution < 1.29 is 9.53 Å². The van der Waals surface area contributed by atoms with E-state index in [-0.39, 0.29) is 5.91 Å². The molecule has 0 heterocycles. The van der Waals surface area contributed by atoms with Crippen LogP contribution in [0.25, 0.3) is 0 Å². The summed E-state index contributed by atoms with van der Waals surface area (Å²) in [6, 6.07) is 17.9. The van der Waals surface area contributed by atoms with Crippen molar-refractivity contribution >= 4 is 11.6 Å². The van der Waals surface area contributed by atoms with Crippen LogP contribution in [0.5, 0.6) is 5.75 Å². The van der Waals surface area contributed by atoms with E-state index in [0.717, 1.165) is 24.3 Å². The van der Waals surface area contributed by atoms with Gasteiger partial charge in [0.25, 0.3) is 0 Å². The molecule has 0 saturated heterocycles. The highest BCUT2D eigenvalue weighted by Gasteiger charge is 2.01. The first-order chi connectivity index (χ1) is 10.3. The second-order valence-corrected chi connectivity index (χ2v) is 4.87. The standard InChI is InChI=1S/C18H21NO2/c1-2-18(20)19-16-11-6-12-17(14-16)21-13-7-10-15-8-4-3-5-9-15/h3-6,8-9,11-12,14H,2,7,10,13H2,1H3,(H,19,20). The van der Waals surface area contributed by atoms with Crippen molar-refractivity contribution in [2.75, 3.05) is 11.9 Å². The Kier molecular flexibility index (Phi) is 5.83. The molecule has 2 rings (SSSR count). The zero-order valence-electron chi connectivity index (χ0n) is 12.3. The Balaban J connectivity index is 1.78. The van der Waals surface area contributed by atoms with Crippen molar-refractivity contribution in [3.05, 3.63) is 60.2 Å². The SMILES string of the molecule is CCC(=O)Nc1cccc(OCCCc2ccccc2)c1. The smallest absolute Gasteiger partial charge is 0.224 e. The van der Waals surface area contributed by atoms with E-state index in [9.17, 15) is 4.79 Å². The Labute approximate surface area is 126 Å². The molecule has 2 aromatic rings. The fourth-order valence-electron chi connectivity index (χ4n) is 2.02. The van der Waals surface area contributed by atoms with Crippen LogP contribution in [0.15, 0.2) is 54.6 Å². The van der Waals surface area contributed by atoms with Crippen LogP contribution in [0.3, 0.4) is 0 Å². The van der Waals surface area contributed by atoms with Gasteiger partial charge in [0.05, 0.1) is 6.61 Å². The molecule has 0 unspecified atom stereocenters. The van der Waals surface area contributed by atoms with E-state index in [0.29, 0.717) is 13.0 Å². The summed E-state index contributed by atoms with van der Waals surface area (Å²) in [6.45, 7) is 2.50. The Morgan fingerprint density at radius 3 is 2.67 bits per heavy atom. The minimum Gasteiger partial charge on any atom is -0.494 e. The zero-order chi connectivity index (χ0) is 14.9. The molecule has 0 aliphatic heterocycles. The van der Waals surface area contributed by atoms with Gasteiger partial charge in [0.15, 0.2) is 0 Å². The largest absolute Gasteiger partial charge is 0.494 e. The van der Waals surface area contributed by atoms with Gasteiger partial charge in [-0.15, -0.1) is 0 Å². The van der Waals surface area contributed by atoms with E-state index >= 15 is 0 Å². The molecule has 2 aromatic carbocycles. The second kappa shape index (κ2) is 8.10. The summed E-state index contributed by atoms with van der Waals surface area (Å²) in [5.41, 5.74) is 2.10. The molecular formula is C18H21NO2. The molecule has 0 bridgehead atoms. The number of carbonyl (C=O) groups excluding carboxylic acids is 1. The average Bonchev–Trinajstić information content (AvgIpc) is 2.53. The Bertz CT molecular complexity index is 566. The van der Waals surface area contributed by atoms with Crippen LogP contribution in [0, 0.1) is 0 Å². The number of anilines is 1. The highest BCUT2D eigenvalue weighted by atomic mass is 16.5. The third-order valence-electron chi connectivity index (χ3n) is 3.16. The van der Waals surface area contributed by atoms with E-state index in [2.05, 4.69) is 29.6 Å². The molecule has 0 fully saturated rings. The van der Waals surface area contributed by atoms with E-state index < -0.39 is 0 Å². The van der Waals surface area contributed by atoms with Crippen molar-refractivity contribution in [2.24, 2.45) is 0 Å². The third-order valence-corrected chi connectivity index (χ3v) is 3.16. The molecule has 0 aliphatic carbocycles. The number of hydrogen-bond acceptors (Lipinski definition) is 2. The molecule has 1 amide bonds. The van der Waals surface area contributed by atoms with Crippen LogP contribution >= 0.6 is 0 Å². The molecule has 21 heavy (non-hydrogen) atoms. The van der Waals surface area contributed by atoms with E-state index in [1.807, 2.05) is 37.3 Å². The number of rotatable bonds is 7. The molecule has 0 aliphatic rings. The lowest BCUT2D eigenvalue weighted by atomic mass is 10.1. The fourth-order valence-corrected chi connectivity index (χ4v) is 2.02. The van der Waals surface area contributed by atoms with Crippen LogP contribution in [0.2, 0.25) is 0 Å². The van der Waals surface area contributed by atoms with Crippen molar-refractivity contribution in [1.29, 1.82) is 0 Å². The number of ether oxygens (including phenoxy) is 1. The molecule has 0 radical (unpaired) electrons. The number of aryl methyl sites for hydroxylation is 1. The van der Waals surface area contributed by atoms with Crippen molar-refractivity contribution in [3.63, 3.8) is 0 Å². The van der Waals surface area contributed by atoms with E-state index in [1.165, 1.54) is 5.56 Å². The van der Waals surface area contributed by atoms with Gasteiger partial charge in [-0.25, -0.2) is 0 Å². The van der Waals surface area contributed by atoms with Crippen molar-refractivity contribution in [1.82, 2.24) is 0 Å². The minimum absolute atomic E-state index is 0.0104. The highest BCUT2D eigenvalue weighted by Crippen LogP contribution is 2.18. The van der Waals surface area contributed by atoms with E-state index in [4.69, 9.17) is 4.74 Å². The molecule has 1 N–H and O–H groups in total. The highest BCUT2D eigenvalue weighted by molar-refractivity contribution is 5.90. The maximum absolute atomic E-state index is 11.4. The predicted octanol–water partition coefficient (Wildman–Crippen LogP) is 4.05. The summed E-state index contributed by atoms with van der Waals surface area (Å²) >= 11 is 0. The predicted molar refractivity (Wildman–Crippen MR) is 85.6 cm³/mol. The van der Waals surface area contributed by atoms with Crippen LogP contribution in [-0.4, -0.2) is 12.5 Å². The lowest BCUT2D eigenvalue weighted by molar-refractivity contribution is -0.115. The molecular weight excluding hydrogens is 262 g/mol. The summed E-state index contributed by atoms with van der Waals surface area (Å²) < 4.78 is 5.73. The average molecular weight is 283 g/mol. The Morgan fingerprint density at radius 2 is 1.90 bits per heavy atom. The van der Waals surface area contributed by atoms with Gasteiger partial charge in [0.1, 0.15) is 5.75 Å². The molecule has 0 atom stereocenters. The van der Waals surface area contributed by atoms with Crippen LogP contribution in [0.4, 0.5) is 5.69 Å². The molecule has 110 valence electrons. The summed E-state index contributed by atoms with van der Waals surface area (Å²) in [6.07, 6.45) is 2.45. The summed E-state index contributed by atoms with van der Waals surface area (Å²) in [4.78, 5) is 11.4. The van der Waals surface area contributed by atoms with Gasteiger partial charge in [-0.1, -0.05) is 43.3 Å². The number of nitrogens with one attached hydrogen (secondary N) is 1. The lowest BCUT2D eigenvalue weighted by Crippen LogP contribution is -2.09. The van der Waals surface area contributed by atoms with Gasteiger partial charge >= 0.3 is 0 Å². The Morgan fingerprint density at radius 1 is 1.10 bits per heavy atom. The zero-order valence-corrected chi connectivity index (χ0v) is 12.3. The van der Waals surface area contributed by atoms with Gasteiger partial charge in [0.2, 0.25) is 5.91 Å².